The topological polar surface area (TPSA) is 64.6 Å². The lowest BCUT2D eigenvalue weighted by molar-refractivity contribution is 0.219. The Bertz CT molecular complexity index is 793. The summed E-state index contributed by atoms with van der Waals surface area (Å²) < 4.78 is 33.7. The van der Waals surface area contributed by atoms with E-state index in [0.29, 0.717) is 18.0 Å². The van der Waals surface area contributed by atoms with Crippen molar-refractivity contribution in [1.29, 1.82) is 0 Å². The van der Waals surface area contributed by atoms with Crippen molar-refractivity contribution in [2.45, 2.75) is 24.3 Å². The average Bonchev–Trinajstić information content (AvgIpc) is 3.42. The van der Waals surface area contributed by atoms with Gasteiger partial charge in [-0.05, 0) is 43.0 Å². The second kappa shape index (κ2) is 6.78. The number of anilines is 1. The fourth-order valence-electron chi connectivity index (χ4n) is 3.11. The highest BCUT2D eigenvalue weighted by Gasteiger charge is 2.27. The van der Waals surface area contributed by atoms with Crippen molar-refractivity contribution < 1.29 is 13.5 Å². The number of hydrogen-bond acceptors (Lipinski definition) is 4. The average molecular weight is 358 g/mol. The maximum absolute atomic E-state index is 12.6. The first-order chi connectivity index (χ1) is 12.1. The van der Waals surface area contributed by atoms with Crippen LogP contribution < -0.4 is 9.46 Å². The number of fused-ring (bicyclic) bond motifs is 1. The molecule has 1 aliphatic heterocycles. The van der Waals surface area contributed by atoms with Crippen LogP contribution in [0, 0.1) is 5.92 Å². The number of benzene rings is 2. The van der Waals surface area contributed by atoms with Crippen molar-refractivity contribution in [2.24, 2.45) is 5.92 Å². The Balaban J connectivity index is 1.53. The van der Waals surface area contributed by atoms with E-state index < -0.39 is 10.4 Å². The highest BCUT2D eigenvalue weighted by atomic mass is 32.3. The predicted octanol–water partition coefficient (Wildman–Crippen LogP) is 3.31. The Morgan fingerprint density at radius 3 is 2.76 bits per heavy atom. The third-order valence-corrected chi connectivity index (χ3v) is 6.03. The first-order valence-electron chi connectivity index (χ1n) is 8.66. The van der Waals surface area contributed by atoms with Crippen LogP contribution in [0.5, 0.6) is 5.75 Å². The van der Waals surface area contributed by atoms with Gasteiger partial charge in [0.15, 0.2) is 15.3 Å². The van der Waals surface area contributed by atoms with Crippen LogP contribution in [0.4, 0.5) is 5.69 Å². The van der Waals surface area contributed by atoms with E-state index in [0.717, 1.165) is 31.1 Å². The molecule has 2 aromatic carbocycles. The van der Waals surface area contributed by atoms with Gasteiger partial charge < -0.3 is 9.29 Å². The molecule has 132 valence electrons. The third-order valence-electron chi connectivity index (χ3n) is 4.65. The maximum atomic E-state index is 12.6. The molecule has 0 spiro atoms. The van der Waals surface area contributed by atoms with Crippen LogP contribution in [0.1, 0.15) is 18.4 Å². The van der Waals surface area contributed by atoms with Gasteiger partial charge in [0.05, 0.1) is 5.69 Å². The zero-order valence-electron chi connectivity index (χ0n) is 14.0. The largest absolute Gasteiger partial charge is 0.588 e. The molecule has 2 aliphatic rings. The second-order valence-corrected chi connectivity index (χ2v) is 8.45. The number of para-hydroxylation sites is 1. The van der Waals surface area contributed by atoms with E-state index >= 15 is 0 Å². The Labute approximate surface area is 149 Å². The Kier molecular flexibility index (Phi) is 4.50. The molecule has 5 nitrogen and oxygen atoms in total. The molecule has 1 heterocycles. The number of nitrogens with zero attached hydrogens (tertiary/aromatic N) is 1. The van der Waals surface area contributed by atoms with Crippen molar-refractivity contribution >= 4 is 16.1 Å². The highest BCUT2D eigenvalue weighted by molar-refractivity contribution is 7.98. The molecule has 1 unspecified atom stereocenters. The first kappa shape index (κ1) is 16.6. The molecule has 0 saturated heterocycles. The minimum Gasteiger partial charge on any atom is -0.588 e. The smallest absolute Gasteiger partial charge is 0.184 e. The predicted molar refractivity (Wildman–Crippen MR) is 97.1 cm³/mol. The van der Waals surface area contributed by atoms with Gasteiger partial charge in [-0.2, -0.15) is 0 Å². The molecule has 1 atom stereocenters. The molecular formula is C19H22N2O3S. The number of hydrogen-bond donors (Lipinski definition) is 1. The lowest BCUT2D eigenvalue weighted by Crippen LogP contribution is -2.27. The summed E-state index contributed by atoms with van der Waals surface area (Å²) in [6.45, 7) is 3.40. The molecule has 0 bridgehead atoms. The molecular weight excluding hydrogens is 336 g/mol. The van der Waals surface area contributed by atoms with Crippen LogP contribution in [0.3, 0.4) is 0 Å². The van der Waals surface area contributed by atoms with E-state index in [-0.39, 0.29) is 4.90 Å². The van der Waals surface area contributed by atoms with Gasteiger partial charge in [-0.15, -0.1) is 0 Å². The van der Waals surface area contributed by atoms with E-state index in [4.69, 9.17) is 4.74 Å². The van der Waals surface area contributed by atoms with Crippen molar-refractivity contribution in [3.63, 3.8) is 0 Å². The number of nitrogens with one attached hydrogen (secondary N) is 1. The summed E-state index contributed by atoms with van der Waals surface area (Å²) in [6.07, 6.45) is 2.65. The lowest BCUT2D eigenvalue weighted by Gasteiger charge is -2.19. The van der Waals surface area contributed by atoms with Gasteiger partial charge in [-0.25, -0.2) is 4.72 Å². The van der Waals surface area contributed by atoms with Crippen molar-refractivity contribution in [3.8, 4) is 5.75 Å². The SMILES string of the molecule is O=[S+]([O-])(Nc1ccccc1)c1ccc2c(c1)OCCN(CC1CC1)C2. The molecule has 1 aliphatic carbocycles. The third kappa shape index (κ3) is 4.03. The molecule has 1 fully saturated rings. The Morgan fingerprint density at radius 1 is 1.20 bits per heavy atom. The number of ether oxygens (including phenoxy) is 1. The van der Waals surface area contributed by atoms with E-state index in [1.165, 1.54) is 12.8 Å². The molecule has 6 heteroatoms. The molecule has 25 heavy (non-hydrogen) atoms. The van der Waals surface area contributed by atoms with E-state index in [1.54, 1.807) is 36.4 Å². The van der Waals surface area contributed by atoms with Gasteiger partial charge >= 0.3 is 0 Å². The summed E-state index contributed by atoms with van der Waals surface area (Å²) in [5.74, 6) is 1.51. The van der Waals surface area contributed by atoms with Crippen LogP contribution in [-0.4, -0.2) is 29.1 Å². The zero-order valence-corrected chi connectivity index (χ0v) is 14.8. The van der Waals surface area contributed by atoms with Crippen LogP contribution >= 0.6 is 0 Å². The molecule has 4 rings (SSSR count). The van der Waals surface area contributed by atoms with Gasteiger partial charge in [0.2, 0.25) is 0 Å². The van der Waals surface area contributed by atoms with Crippen LogP contribution in [0.15, 0.2) is 53.4 Å². The van der Waals surface area contributed by atoms with Crippen LogP contribution in [0.25, 0.3) is 0 Å². The molecule has 2 aromatic rings. The molecule has 1 N–H and O–H groups in total. The minimum absolute atomic E-state index is 0.228. The zero-order chi connectivity index (χ0) is 17.3. The first-order valence-corrected chi connectivity index (χ1v) is 10.1. The van der Waals surface area contributed by atoms with E-state index in [2.05, 4.69) is 9.62 Å². The standard InChI is InChI=1S/C19H22N2O3S/c22-25(23,20-17-4-2-1-3-5-17)18-9-8-16-14-21(13-15-6-7-15)10-11-24-19(16)12-18/h1-5,8-9,12,15H,6-7,10-11,13-14H2,(H-,20,22,23). The van der Waals surface area contributed by atoms with Crippen LogP contribution in [0.2, 0.25) is 0 Å². The molecule has 0 aromatic heterocycles. The van der Waals surface area contributed by atoms with Crippen LogP contribution in [-0.2, 0) is 21.2 Å². The van der Waals surface area contributed by atoms with E-state index in [1.807, 2.05) is 12.1 Å². The number of rotatable bonds is 5. The Hall–Kier alpha value is -1.89. The van der Waals surface area contributed by atoms with Gasteiger partial charge in [0.25, 0.3) is 0 Å². The van der Waals surface area contributed by atoms with Gasteiger partial charge in [0, 0.05) is 31.3 Å². The highest BCUT2D eigenvalue weighted by Crippen LogP contribution is 2.33. The molecule has 0 radical (unpaired) electrons. The number of sulfonamides is 1. The monoisotopic (exact) mass is 358 g/mol. The lowest BCUT2D eigenvalue weighted by atomic mass is 10.2. The Morgan fingerprint density at radius 2 is 2.00 bits per heavy atom. The summed E-state index contributed by atoms with van der Waals surface area (Å²) in [5.41, 5.74) is 1.60. The summed E-state index contributed by atoms with van der Waals surface area (Å²) in [5, 5.41) is 0. The van der Waals surface area contributed by atoms with Gasteiger partial charge in [-0.1, -0.05) is 22.4 Å². The molecule has 0 amide bonds. The maximum Gasteiger partial charge on any atom is 0.184 e. The van der Waals surface area contributed by atoms with E-state index in [9.17, 15) is 8.76 Å². The summed E-state index contributed by atoms with van der Waals surface area (Å²) >= 11 is 0. The summed E-state index contributed by atoms with van der Waals surface area (Å²) in [6, 6.07) is 14.1. The fourth-order valence-corrected chi connectivity index (χ4v) is 4.19. The van der Waals surface area contributed by atoms with Crippen molar-refractivity contribution in [1.82, 2.24) is 4.90 Å². The second-order valence-electron chi connectivity index (χ2n) is 6.77. The fraction of sp³-hybridized carbons (Fsp3) is 0.368. The van der Waals surface area contributed by atoms with Gasteiger partial charge in [0.1, 0.15) is 12.4 Å². The normalized spacial score (nSPS) is 20.0. The quantitative estimate of drug-likeness (QED) is 0.833. The van der Waals surface area contributed by atoms with Crippen molar-refractivity contribution in [3.05, 3.63) is 54.1 Å². The van der Waals surface area contributed by atoms with Crippen molar-refractivity contribution in [2.75, 3.05) is 24.4 Å². The summed E-state index contributed by atoms with van der Waals surface area (Å²) in [7, 11) is -3.62. The summed E-state index contributed by atoms with van der Waals surface area (Å²) in [4.78, 5) is 2.63. The van der Waals surface area contributed by atoms with Gasteiger partial charge in [-0.3, -0.25) is 4.90 Å². The molecule has 1 saturated carbocycles. The minimum atomic E-state index is -3.62.